The number of aromatic nitrogens is 2. The van der Waals surface area contributed by atoms with Gasteiger partial charge in [-0.15, -0.1) is 0 Å². The summed E-state index contributed by atoms with van der Waals surface area (Å²) >= 11 is 0. The monoisotopic (exact) mass is 471 g/mol. The quantitative estimate of drug-likeness (QED) is 0.421. The van der Waals surface area contributed by atoms with Crippen LogP contribution in [-0.4, -0.2) is 59.4 Å². The van der Waals surface area contributed by atoms with Crippen LogP contribution in [0.5, 0.6) is 0 Å². The topological polar surface area (TPSA) is 97.6 Å². The number of amides is 1. The Labute approximate surface area is 203 Å². The normalized spacial score (nSPS) is 19.3. The lowest BCUT2D eigenvalue weighted by Crippen LogP contribution is -2.34. The van der Waals surface area contributed by atoms with Crippen LogP contribution in [0.15, 0.2) is 60.0 Å². The first-order valence-corrected chi connectivity index (χ1v) is 11.5. The number of carbonyl (C=O) groups is 1. The first-order valence-electron chi connectivity index (χ1n) is 11.5. The van der Waals surface area contributed by atoms with Gasteiger partial charge in [-0.3, -0.25) is 10.2 Å². The highest BCUT2D eigenvalue weighted by Gasteiger charge is 2.42. The predicted octanol–water partition coefficient (Wildman–Crippen LogP) is 3.85. The first-order chi connectivity index (χ1) is 17.0. The second-order valence-corrected chi connectivity index (χ2v) is 9.02. The first kappa shape index (κ1) is 22.6. The van der Waals surface area contributed by atoms with Gasteiger partial charge in [0.2, 0.25) is 5.95 Å². The molecule has 0 radical (unpaired) electrons. The van der Waals surface area contributed by atoms with Crippen LogP contribution >= 0.6 is 0 Å². The Kier molecular flexibility index (Phi) is 6.22. The second kappa shape index (κ2) is 9.61. The molecule has 0 spiro atoms. The number of rotatable bonds is 6. The number of hydrogen-bond acceptors (Lipinski definition) is 7. The highest BCUT2D eigenvalue weighted by atomic mass is 19.1. The van der Waals surface area contributed by atoms with E-state index in [1.54, 1.807) is 24.5 Å². The number of anilines is 2. The fourth-order valence-electron chi connectivity index (χ4n) is 4.85. The molecule has 2 atom stereocenters. The lowest BCUT2D eigenvalue weighted by Gasteiger charge is -2.23. The molecule has 178 valence electrons. The van der Waals surface area contributed by atoms with Crippen molar-refractivity contribution in [1.29, 1.82) is 5.41 Å². The molecule has 2 aromatic carbocycles. The van der Waals surface area contributed by atoms with Crippen LogP contribution in [0.25, 0.3) is 11.1 Å². The van der Waals surface area contributed by atoms with E-state index in [1.165, 1.54) is 18.3 Å². The van der Waals surface area contributed by atoms with Gasteiger partial charge in [0.25, 0.3) is 5.91 Å². The molecule has 1 amide bonds. The zero-order valence-electron chi connectivity index (χ0n) is 19.4. The Bertz CT molecular complexity index is 1250. The average molecular weight is 472 g/mol. The molecule has 2 fully saturated rings. The number of aryl methyl sites for hydroxylation is 1. The van der Waals surface area contributed by atoms with Gasteiger partial charge in [0, 0.05) is 62.2 Å². The Morgan fingerprint density at radius 2 is 1.74 bits per heavy atom. The van der Waals surface area contributed by atoms with Gasteiger partial charge >= 0.3 is 0 Å². The Balaban J connectivity index is 1.24. The van der Waals surface area contributed by atoms with Gasteiger partial charge in [-0.05, 0) is 36.8 Å². The zero-order chi connectivity index (χ0) is 24.4. The minimum atomic E-state index is -0.270. The summed E-state index contributed by atoms with van der Waals surface area (Å²) in [5, 5.41) is 11.0. The molecule has 3 aromatic rings. The van der Waals surface area contributed by atoms with E-state index >= 15 is 0 Å². The summed E-state index contributed by atoms with van der Waals surface area (Å²) in [5.74, 6) is 1.11. The highest BCUT2D eigenvalue weighted by Crippen LogP contribution is 2.34. The number of fused-ring (bicyclic) bond motifs is 1. The fraction of sp³-hybridized carbons (Fsp3) is 0.269. The van der Waals surface area contributed by atoms with Crippen LogP contribution in [-0.2, 0) is 0 Å². The molecule has 8 nitrogen and oxygen atoms in total. The largest absolute Gasteiger partial charge is 0.340 e. The molecule has 2 unspecified atom stereocenters. The average Bonchev–Trinajstić information content (AvgIpc) is 3.45. The molecule has 0 bridgehead atoms. The molecule has 2 aliphatic heterocycles. The van der Waals surface area contributed by atoms with Crippen molar-refractivity contribution >= 4 is 30.0 Å². The van der Waals surface area contributed by atoms with Crippen LogP contribution in [0.1, 0.15) is 15.9 Å². The van der Waals surface area contributed by atoms with E-state index in [0.29, 0.717) is 42.1 Å². The molecule has 0 aliphatic carbocycles. The van der Waals surface area contributed by atoms with Crippen LogP contribution in [0, 0.1) is 30.0 Å². The van der Waals surface area contributed by atoms with Crippen LogP contribution in [0.3, 0.4) is 0 Å². The molecular formula is C26H26FN7O. The third-order valence-electron chi connectivity index (χ3n) is 6.61. The van der Waals surface area contributed by atoms with Gasteiger partial charge in [-0.2, -0.15) is 5.10 Å². The number of hydrogen-bond donors (Lipinski definition) is 2. The standard InChI is InChI=1S/C26H26FN7O/c1-17-2-7-24(32-31-9-8-28)23(10-17)25(35)33-13-20-15-34(16-21(20)14-33)26-29-11-19(12-30-26)18-3-5-22(27)6-4-18/h2-12,20-21,28,32H,13-16H2,1H3/b28-8?,31-9-. The summed E-state index contributed by atoms with van der Waals surface area (Å²) in [6.07, 6.45) is 5.95. The van der Waals surface area contributed by atoms with Gasteiger partial charge in [-0.1, -0.05) is 23.8 Å². The van der Waals surface area contributed by atoms with Gasteiger partial charge in [0.1, 0.15) is 5.82 Å². The number of hydrazone groups is 1. The molecule has 2 N–H and O–H groups in total. The number of carbonyl (C=O) groups excluding carboxylic acids is 1. The number of nitrogens with zero attached hydrogens (tertiary/aromatic N) is 5. The number of benzene rings is 2. The third-order valence-corrected chi connectivity index (χ3v) is 6.61. The van der Waals surface area contributed by atoms with Crippen molar-refractivity contribution in [3.63, 3.8) is 0 Å². The third kappa shape index (κ3) is 4.75. The van der Waals surface area contributed by atoms with Gasteiger partial charge in [0.15, 0.2) is 0 Å². The molecule has 9 heteroatoms. The summed E-state index contributed by atoms with van der Waals surface area (Å²) in [4.78, 5) is 26.6. The van der Waals surface area contributed by atoms with E-state index in [2.05, 4.69) is 25.4 Å². The molecule has 35 heavy (non-hydrogen) atoms. The maximum absolute atomic E-state index is 13.4. The number of nitrogens with one attached hydrogen (secondary N) is 2. The maximum atomic E-state index is 13.4. The summed E-state index contributed by atoms with van der Waals surface area (Å²) in [6, 6.07) is 11.9. The van der Waals surface area contributed by atoms with Crippen molar-refractivity contribution < 1.29 is 9.18 Å². The summed E-state index contributed by atoms with van der Waals surface area (Å²) in [5.41, 5.74) is 6.81. The Hall–Kier alpha value is -4.14. The van der Waals surface area contributed by atoms with Crippen molar-refractivity contribution in [3.05, 3.63) is 71.8 Å². The lowest BCUT2D eigenvalue weighted by molar-refractivity contribution is 0.0783. The van der Waals surface area contributed by atoms with Crippen molar-refractivity contribution in [3.8, 4) is 11.1 Å². The maximum Gasteiger partial charge on any atom is 0.256 e. The van der Waals surface area contributed by atoms with Crippen LogP contribution < -0.4 is 10.3 Å². The Morgan fingerprint density at radius 3 is 2.40 bits per heavy atom. The number of halogens is 1. The molecule has 5 rings (SSSR count). The molecular weight excluding hydrogens is 445 g/mol. The molecule has 1 aromatic heterocycles. The lowest BCUT2D eigenvalue weighted by atomic mass is 10.0. The summed E-state index contributed by atoms with van der Waals surface area (Å²) in [6.45, 7) is 4.93. The van der Waals surface area contributed by atoms with Crippen LogP contribution in [0.4, 0.5) is 16.0 Å². The highest BCUT2D eigenvalue weighted by molar-refractivity contribution is 6.14. The Morgan fingerprint density at radius 1 is 1.06 bits per heavy atom. The van der Waals surface area contributed by atoms with Crippen molar-refractivity contribution in [1.82, 2.24) is 14.9 Å². The molecule has 0 saturated carbocycles. The number of likely N-dealkylation sites (tertiary alicyclic amines) is 1. The van der Waals surface area contributed by atoms with E-state index in [-0.39, 0.29) is 11.7 Å². The van der Waals surface area contributed by atoms with Crippen LogP contribution in [0.2, 0.25) is 0 Å². The summed E-state index contributed by atoms with van der Waals surface area (Å²) in [7, 11) is 0. The van der Waals surface area contributed by atoms with E-state index in [9.17, 15) is 9.18 Å². The van der Waals surface area contributed by atoms with E-state index in [1.807, 2.05) is 30.0 Å². The minimum Gasteiger partial charge on any atom is -0.340 e. The molecule has 2 saturated heterocycles. The van der Waals surface area contributed by atoms with Gasteiger partial charge in [0.05, 0.1) is 17.5 Å². The molecule has 3 heterocycles. The van der Waals surface area contributed by atoms with Gasteiger partial charge < -0.3 is 15.2 Å². The van der Waals surface area contributed by atoms with Crippen molar-refractivity contribution in [2.24, 2.45) is 16.9 Å². The summed E-state index contributed by atoms with van der Waals surface area (Å²) < 4.78 is 13.2. The SMILES string of the molecule is Cc1ccc(N/N=C\C=N)c(C(=O)N2CC3CN(c4ncc(-c5ccc(F)cc5)cn4)CC3C2)c1. The van der Waals surface area contributed by atoms with Crippen molar-refractivity contribution in [2.45, 2.75) is 6.92 Å². The second-order valence-electron chi connectivity index (χ2n) is 9.02. The van der Waals surface area contributed by atoms with Crippen molar-refractivity contribution in [2.75, 3.05) is 36.5 Å². The predicted molar refractivity (Wildman–Crippen MR) is 135 cm³/mol. The smallest absolute Gasteiger partial charge is 0.256 e. The van der Waals surface area contributed by atoms with E-state index in [0.717, 1.165) is 36.0 Å². The van der Waals surface area contributed by atoms with Gasteiger partial charge in [-0.25, -0.2) is 14.4 Å². The zero-order valence-corrected chi connectivity index (χ0v) is 19.4. The fourth-order valence-corrected chi connectivity index (χ4v) is 4.85. The van der Waals surface area contributed by atoms with E-state index in [4.69, 9.17) is 5.41 Å². The molecule has 2 aliphatic rings. The minimum absolute atomic E-state index is 0.0119. The van der Waals surface area contributed by atoms with E-state index < -0.39 is 0 Å².